The van der Waals surface area contributed by atoms with Gasteiger partial charge in [-0.3, -0.25) is 0 Å². The zero-order valence-electron chi connectivity index (χ0n) is 9.52. The third-order valence-corrected chi connectivity index (χ3v) is 3.78. The molecule has 0 saturated carbocycles. The molecule has 2 nitrogen and oxygen atoms in total. The maximum atomic E-state index is 9.74. The van der Waals surface area contributed by atoms with Crippen molar-refractivity contribution in [3.63, 3.8) is 0 Å². The summed E-state index contributed by atoms with van der Waals surface area (Å²) in [5.74, 6) is 0. The van der Waals surface area contributed by atoms with Gasteiger partial charge in [0.15, 0.2) is 0 Å². The molecule has 0 fully saturated rings. The number of benzene rings is 2. The lowest BCUT2D eigenvalue weighted by molar-refractivity contribution is 0.253. The van der Waals surface area contributed by atoms with Crippen molar-refractivity contribution >= 4 is 11.6 Å². The summed E-state index contributed by atoms with van der Waals surface area (Å²) >= 11 is 6.02. The van der Waals surface area contributed by atoms with Crippen molar-refractivity contribution in [3.8, 4) is 17.2 Å². The highest BCUT2D eigenvalue weighted by Crippen LogP contribution is 2.48. The first kappa shape index (κ1) is 11.3. The van der Waals surface area contributed by atoms with Gasteiger partial charge in [-0.2, -0.15) is 5.26 Å². The molecular weight excluding hydrogens is 246 g/mol. The molecule has 18 heavy (non-hydrogen) atoms. The second-order valence-electron chi connectivity index (χ2n) is 4.41. The van der Waals surface area contributed by atoms with Crippen LogP contribution >= 0.6 is 11.6 Å². The van der Waals surface area contributed by atoms with E-state index >= 15 is 0 Å². The van der Waals surface area contributed by atoms with Crippen molar-refractivity contribution < 1.29 is 5.11 Å². The Kier molecular flexibility index (Phi) is 2.41. The predicted molar refractivity (Wildman–Crippen MR) is 70.4 cm³/mol. The minimum atomic E-state index is -0.989. The van der Waals surface area contributed by atoms with E-state index in [0.29, 0.717) is 5.02 Å². The minimum absolute atomic E-state index is 0.242. The van der Waals surface area contributed by atoms with Crippen molar-refractivity contribution in [3.05, 3.63) is 58.6 Å². The summed E-state index contributed by atoms with van der Waals surface area (Å²) in [6.07, 6.45) is 0. The van der Waals surface area contributed by atoms with Crippen LogP contribution in [0.5, 0.6) is 0 Å². The number of halogens is 1. The lowest BCUT2D eigenvalue weighted by Crippen LogP contribution is -2.27. The van der Waals surface area contributed by atoms with Crippen LogP contribution in [-0.2, 0) is 5.41 Å². The lowest BCUT2D eigenvalue weighted by atomic mass is 9.80. The highest BCUT2D eigenvalue weighted by molar-refractivity contribution is 6.30. The summed E-state index contributed by atoms with van der Waals surface area (Å²) in [5, 5.41) is 19.9. The first-order valence-corrected chi connectivity index (χ1v) is 6.03. The van der Waals surface area contributed by atoms with Gasteiger partial charge >= 0.3 is 0 Å². The zero-order valence-corrected chi connectivity index (χ0v) is 10.3. The lowest BCUT2D eigenvalue weighted by Gasteiger charge is -2.21. The SMILES string of the molecule is N#CC1(CO)c2ccccc2-c2ccc(Cl)cc21. The molecule has 2 aromatic carbocycles. The monoisotopic (exact) mass is 255 g/mol. The Morgan fingerprint density at radius 3 is 2.56 bits per heavy atom. The quantitative estimate of drug-likeness (QED) is 0.851. The highest BCUT2D eigenvalue weighted by atomic mass is 35.5. The van der Waals surface area contributed by atoms with Gasteiger partial charge < -0.3 is 5.11 Å². The van der Waals surface area contributed by atoms with E-state index in [-0.39, 0.29) is 6.61 Å². The summed E-state index contributed by atoms with van der Waals surface area (Å²) in [7, 11) is 0. The molecule has 0 bridgehead atoms. The number of nitriles is 1. The highest BCUT2D eigenvalue weighted by Gasteiger charge is 2.43. The molecule has 0 aromatic heterocycles. The summed E-state index contributed by atoms with van der Waals surface area (Å²) in [6, 6.07) is 15.4. The van der Waals surface area contributed by atoms with Crippen molar-refractivity contribution in [2.45, 2.75) is 5.41 Å². The van der Waals surface area contributed by atoms with Gasteiger partial charge in [0.2, 0.25) is 0 Å². The van der Waals surface area contributed by atoms with Gasteiger partial charge in [0.25, 0.3) is 0 Å². The van der Waals surface area contributed by atoms with Crippen LogP contribution in [0.3, 0.4) is 0 Å². The number of aliphatic hydroxyl groups is 1. The number of hydrogen-bond acceptors (Lipinski definition) is 2. The Balaban J connectivity index is 2.43. The van der Waals surface area contributed by atoms with E-state index in [1.807, 2.05) is 36.4 Å². The maximum absolute atomic E-state index is 9.74. The van der Waals surface area contributed by atoms with E-state index in [0.717, 1.165) is 22.3 Å². The molecule has 1 N–H and O–H groups in total. The Hall–Kier alpha value is -1.82. The zero-order chi connectivity index (χ0) is 12.8. The average molecular weight is 256 g/mol. The van der Waals surface area contributed by atoms with E-state index < -0.39 is 5.41 Å². The average Bonchev–Trinajstić information content (AvgIpc) is 2.68. The molecule has 1 aliphatic carbocycles. The van der Waals surface area contributed by atoms with Crippen LogP contribution in [0, 0.1) is 11.3 Å². The van der Waals surface area contributed by atoms with Crippen LogP contribution in [0.25, 0.3) is 11.1 Å². The van der Waals surface area contributed by atoms with E-state index in [1.54, 1.807) is 6.07 Å². The second kappa shape index (κ2) is 3.84. The van der Waals surface area contributed by atoms with Gasteiger partial charge in [-0.05, 0) is 34.4 Å². The Bertz CT molecular complexity index is 674. The van der Waals surface area contributed by atoms with Crippen molar-refractivity contribution in [2.75, 3.05) is 6.61 Å². The molecule has 0 aliphatic heterocycles. The first-order valence-electron chi connectivity index (χ1n) is 5.65. The molecule has 1 aliphatic rings. The fraction of sp³-hybridized carbons (Fsp3) is 0.133. The number of hydrogen-bond donors (Lipinski definition) is 1. The third-order valence-electron chi connectivity index (χ3n) is 3.55. The van der Waals surface area contributed by atoms with Crippen molar-refractivity contribution in [1.82, 2.24) is 0 Å². The molecule has 0 saturated heterocycles. The Morgan fingerprint density at radius 2 is 1.83 bits per heavy atom. The molecule has 0 spiro atoms. The third kappa shape index (κ3) is 1.26. The molecule has 3 rings (SSSR count). The number of rotatable bonds is 1. The molecule has 1 unspecified atom stereocenters. The Labute approximate surface area is 110 Å². The van der Waals surface area contributed by atoms with Crippen LogP contribution < -0.4 is 0 Å². The first-order chi connectivity index (χ1) is 8.73. The minimum Gasteiger partial charge on any atom is -0.394 e. The summed E-state index contributed by atoms with van der Waals surface area (Å²) in [5.41, 5.74) is 2.63. The van der Waals surface area contributed by atoms with E-state index in [4.69, 9.17) is 11.6 Å². The van der Waals surface area contributed by atoms with E-state index in [1.165, 1.54) is 0 Å². The molecule has 2 aromatic rings. The summed E-state index contributed by atoms with van der Waals surface area (Å²) in [4.78, 5) is 0. The van der Waals surface area contributed by atoms with Crippen LogP contribution in [0.15, 0.2) is 42.5 Å². The topological polar surface area (TPSA) is 44.0 Å². The van der Waals surface area contributed by atoms with Gasteiger partial charge in [0.1, 0.15) is 5.41 Å². The molecule has 0 heterocycles. The largest absolute Gasteiger partial charge is 0.394 e. The fourth-order valence-corrected chi connectivity index (χ4v) is 2.84. The van der Waals surface area contributed by atoms with Gasteiger partial charge in [-0.25, -0.2) is 0 Å². The van der Waals surface area contributed by atoms with Crippen LogP contribution in [0.2, 0.25) is 5.02 Å². The smallest absolute Gasteiger partial charge is 0.131 e. The summed E-state index contributed by atoms with van der Waals surface area (Å²) < 4.78 is 0. The standard InChI is InChI=1S/C15H10ClNO/c16-10-5-6-12-11-3-1-2-4-13(11)15(8-17,9-18)14(12)7-10/h1-7,18H,9H2. The molecule has 0 amide bonds. The number of nitrogens with zero attached hydrogens (tertiary/aromatic N) is 1. The molecule has 0 radical (unpaired) electrons. The Morgan fingerprint density at radius 1 is 1.11 bits per heavy atom. The van der Waals surface area contributed by atoms with Crippen molar-refractivity contribution in [2.24, 2.45) is 0 Å². The van der Waals surface area contributed by atoms with Gasteiger partial charge in [0, 0.05) is 5.02 Å². The predicted octanol–water partition coefficient (Wildman–Crippen LogP) is 3.12. The van der Waals surface area contributed by atoms with Crippen LogP contribution in [-0.4, -0.2) is 11.7 Å². The summed E-state index contributed by atoms with van der Waals surface area (Å²) in [6.45, 7) is -0.242. The van der Waals surface area contributed by atoms with E-state index in [9.17, 15) is 10.4 Å². The molecule has 1 atom stereocenters. The van der Waals surface area contributed by atoms with Gasteiger partial charge in [-0.15, -0.1) is 0 Å². The number of aliphatic hydroxyl groups excluding tert-OH is 1. The molecule has 88 valence electrons. The normalized spacial score (nSPS) is 20.1. The maximum Gasteiger partial charge on any atom is 0.131 e. The fourth-order valence-electron chi connectivity index (χ4n) is 2.67. The van der Waals surface area contributed by atoms with Crippen molar-refractivity contribution in [1.29, 1.82) is 5.26 Å². The molecule has 3 heteroatoms. The van der Waals surface area contributed by atoms with Gasteiger partial charge in [-0.1, -0.05) is 41.9 Å². The van der Waals surface area contributed by atoms with Gasteiger partial charge in [0.05, 0.1) is 12.7 Å². The van der Waals surface area contributed by atoms with E-state index in [2.05, 4.69) is 6.07 Å². The second-order valence-corrected chi connectivity index (χ2v) is 4.85. The number of fused-ring (bicyclic) bond motifs is 3. The van der Waals surface area contributed by atoms with Crippen LogP contribution in [0.4, 0.5) is 0 Å². The van der Waals surface area contributed by atoms with Crippen LogP contribution in [0.1, 0.15) is 11.1 Å². The molecular formula is C15H10ClNO.